The molecule has 4 aliphatic rings. The van der Waals surface area contributed by atoms with Gasteiger partial charge in [-0.15, -0.1) is 0 Å². The van der Waals surface area contributed by atoms with Crippen molar-refractivity contribution in [2.45, 2.75) is 25.4 Å². The third-order valence-corrected chi connectivity index (χ3v) is 5.26. The summed E-state index contributed by atoms with van der Waals surface area (Å²) in [5.41, 5.74) is 0. The van der Waals surface area contributed by atoms with E-state index in [1.807, 2.05) is 0 Å². The van der Waals surface area contributed by atoms with Crippen LogP contribution in [0.1, 0.15) is 19.3 Å². The predicted octanol–water partition coefficient (Wildman–Crippen LogP) is 0.716. The molecule has 0 N–H and O–H groups in total. The highest BCUT2D eigenvalue weighted by Gasteiger charge is 2.59. The Labute approximate surface area is 106 Å². The Morgan fingerprint density at radius 1 is 1.22 bits per heavy atom. The standard InChI is InChI=1S/C12H15NO4S/c1-18(15,16)17-12-7-2-6-3-9(12)11(14)8(4-7)10(6)5-13/h6-10,12H,2-4H2,1H3/t6?,7?,8?,9?,10-,12-/m0/s1. The van der Waals surface area contributed by atoms with Gasteiger partial charge in [-0.1, -0.05) is 0 Å². The maximum absolute atomic E-state index is 12.2. The maximum atomic E-state index is 12.2. The molecular formula is C12H15NO4S. The molecule has 4 bridgehead atoms. The normalized spacial score (nSPS) is 46.1. The van der Waals surface area contributed by atoms with Crippen molar-refractivity contribution < 1.29 is 17.4 Å². The first-order valence-corrected chi connectivity index (χ1v) is 8.04. The van der Waals surface area contributed by atoms with E-state index in [1.165, 1.54) is 0 Å². The lowest BCUT2D eigenvalue weighted by molar-refractivity contribution is -0.156. The topological polar surface area (TPSA) is 84.2 Å². The van der Waals surface area contributed by atoms with Crippen LogP contribution < -0.4 is 0 Å². The number of carbonyl (C=O) groups is 1. The van der Waals surface area contributed by atoms with Crippen molar-refractivity contribution in [1.29, 1.82) is 5.26 Å². The van der Waals surface area contributed by atoms with Gasteiger partial charge in [0.1, 0.15) is 5.78 Å². The zero-order chi connectivity index (χ0) is 13.1. The third-order valence-electron chi connectivity index (χ3n) is 4.69. The molecule has 0 amide bonds. The van der Waals surface area contributed by atoms with E-state index in [0.29, 0.717) is 12.8 Å². The smallest absolute Gasteiger partial charge is 0.264 e. The minimum Gasteiger partial charge on any atom is -0.299 e. The molecule has 5 nitrogen and oxygen atoms in total. The van der Waals surface area contributed by atoms with Crippen LogP contribution in [0.2, 0.25) is 0 Å². The highest BCUT2D eigenvalue weighted by atomic mass is 32.2. The summed E-state index contributed by atoms with van der Waals surface area (Å²) in [5, 5.41) is 9.14. The van der Waals surface area contributed by atoms with Crippen molar-refractivity contribution in [3.63, 3.8) is 0 Å². The van der Waals surface area contributed by atoms with Crippen LogP contribution in [0.3, 0.4) is 0 Å². The van der Waals surface area contributed by atoms with E-state index in [0.717, 1.165) is 12.7 Å². The maximum Gasteiger partial charge on any atom is 0.264 e. The molecule has 18 heavy (non-hydrogen) atoms. The summed E-state index contributed by atoms with van der Waals surface area (Å²) in [5.74, 6) is -0.244. The Morgan fingerprint density at radius 3 is 2.50 bits per heavy atom. The van der Waals surface area contributed by atoms with Crippen LogP contribution >= 0.6 is 0 Å². The second-order valence-electron chi connectivity index (χ2n) is 5.76. The molecule has 6 heteroatoms. The Hall–Kier alpha value is -0.930. The summed E-state index contributed by atoms with van der Waals surface area (Å²) >= 11 is 0. The van der Waals surface area contributed by atoms with Crippen LogP contribution in [0.25, 0.3) is 0 Å². The molecule has 0 aromatic rings. The number of ketones is 1. The Balaban J connectivity index is 1.90. The average molecular weight is 269 g/mol. The van der Waals surface area contributed by atoms with Crippen molar-refractivity contribution in [2.75, 3.05) is 6.26 Å². The first-order valence-electron chi connectivity index (χ1n) is 6.22. The van der Waals surface area contributed by atoms with E-state index >= 15 is 0 Å². The van der Waals surface area contributed by atoms with E-state index in [9.17, 15) is 13.2 Å². The molecule has 0 heterocycles. The fourth-order valence-electron chi connectivity index (χ4n) is 4.12. The molecule has 0 spiro atoms. The number of carbonyl (C=O) groups excluding carboxylic acids is 1. The molecule has 0 aromatic carbocycles. The second kappa shape index (κ2) is 3.78. The van der Waals surface area contributed by atoms with Crippen molar-refractivity contribution in [2.24, 2.45) is 29.6 Å². The molecule has 0 aromatic heterocycles. The number of hydrogen-bond acceptors (Lipinski definition) is 5. The van der Waals surface area contributed by atoms with Crippen molar-refractivity contribution in [3.05, 3.63) is 0 Å². The van der Waals surface area contributed by atoms with Crippen molar-refractivity contribution >= 4 is 15.9 Å². The second-order valence-corrected chi connectivity index (χ2v) is 7.36. The molecule has 0 saturated heterocycles. The fraction of sp³-hybridized carbons (Fsp3) is 0.833. The summed E-state index contributed by atoms with van der Waals surface area (Å²) in [7, 11) is -3.53. The molecule has 4 unspecified atom stereocenters. The number of hydrogen-bond donors (Lipinski definition) is 0. The average Bonchev–Trinajstić information content (AvgIpc) is 2.27. The Kier molecular flexibility index (Phi) is 2.55. The SMILES string of the molecule is CS(=O)(=O)O[C@H]1C2CC3CC1C(=O)C(C2)[C@H]3C#N. The molecule has 4 saturated carbocycles. The molecule has 4 aliphatic carbocycles. The lowest BCUT2D eigenvalue weighted by Crippen LogP contribution is -2.58. The number of rotatable bonds is 2. The van der Waals surface area contributed by atoms with E-state index in [1.54, 1.807) is 0 Å². The largest absolute Gasteiger partial charge is 0.299 e. The van der Waals surface area contributed by atoms with Crippen LogP contribution in [0.4, 0.5) is 0 Å². The zero-order valence-electron chi connectivity index (χ0n) is 10.1. The minimum atomic E-state index is -3.53. The third kappa shape index (κ3) is 1.69. The fourth-order valence-corrected chi connectivity index (χ4v) is 4.82. The molecule has 6 atom stereocenters. The lowest BCUT2D eigenvalue weighted by atomic mass is 9.50. The minimum absolute atomic E-state index is 0.0439. The van der Waals surface area contributed by atoms with Gasteiger partial charge in [0.25, 0.3) is 10.1 Å². The molecule has 98 valence electrons. The summed E-state index contributed by atoms with van der Waals surface area (Å²) in [6.07, 6.45) is 2.59. The summed E-state index contributed by atoms with van der Waals surface area (Å²) < 4.78 is 27.7. The van der Waals surface area contributed by atoms with E-state index in [-0.39, 0.29) is 35.4 Å². The number of Topliss-reactive ketones (excluding diaryl/α,β-unsaturated/α-hetero) is 1. The van der Waals surface area contributed by atoms with Crippen molar-refractivity contribution in [3.8, 4) is 6.07 Å². The first-order chi connectivity index (χ1) is 8.40. The van der Waals surface area contributed by atoms with Gasteiger partial charge in [0.2, 0.25) is 0 Å². The molecule has 0 aliphatic heterocycles. The van der Waals surface area contributed by atoms with Crippen LogP contribution in [0, 0.1) is 40.9 Å². The highest BCUT2D eigenvalue weighted by molar-refractivity contribution is 7.86. The summed E-state index contributed by atoms with van der Waals surface area (Å²) in [6.45, 7) is 0. The molecular weight excluding hydrogens is 254 g/mol. The predicted molar refractivity (Wildman–Crippen MR) is 61.6 cm³/mol. The summed E-state index contributed by atoms with van der Waals surface area (Å²) in [4.78, 5) is 12.2. The van der Waals surface area contributed by atoms with Gasteiger partial charge in [0, 0.05) is 11.8 Å². The van der Waals surface area contributed by atoms with Gasteiger partial charge in [0.05, 0.1) is 24.3 Å². The van der Waals surface area contributed by atoms with Gasteiger partial charge in [-0.05, 0) is 31.1 Å². The van der Waals surface area contributed by atoms with Gasteiger partial charge in [-0.2, -0.15) is 13.7 Å². The lowest BCUT2D eigenvalue weighted by Gasteiger charge is -2.54. The van der Waals surface area contributed by atoms with Crippen molar-refractivity contribution in [1.82, 2.24) is 0 Å². The quantitative estimate of drug-likeness (QED) is 0.689. The van der Waals surface area contributed by atoms with E-state index < -0.39 is 16.2 Å². The van der Waals surface area contributed by atoms with Crippen LogP contribution in [-0.4, -0.2) is 26.6 Å². The Morgan fingerprint density at radius 2 is 1.89 bits per heavy atom. The van der Waals surface area contributed by atoms with Crippen LogP contribution in [-0.2, 0) is 19.1 Å². The Bertz CT molecular complexity index is 535. The molecule has 4 rings (SSSR count). The highest BCUT2D eigenvalue weighted by Crippen LogP contribution is 2.55. The molecule has 0 radical (unpaired) electrons. The monoisotopic (exact) mass is 269 g/mol. The van der Waals surface area contributed by atoms with Crippen LogP contribution in [0.15, 0.2) is 0 Å². The van der Waals surface area contributed by atoms with Gasteiger partial charge >= 0.3 is 0 Å². The summed E-state index contributed by atoms with van der Waals surface area (Å²) in [6, 6.07) is 2.26. The number of nitrogens with zero attached hydrogens (tertiary/aromatic N) is 1. The first kappa shape index (κ1) is 12.1. The van der Waals surface area contributed by atoms with Gasteiger partial charge in [-0.25, -0.2) is 0 Å². The number of nitriles is 1. The molecule has 4 fully saturated rings. The van der Waals surface area contributed by atoms with Gasteiger partial charge in [0.15, 0.2) is 0 Å². The van der Waals surface area contributed by atoms with Crippen LogP contribution in [0.5, 0.6) is 0 Å². The van der Waals surface area contributed by atoms with E-state index in [4.69, 9.17) is 9.44 Å². The van der Waals surface area contributed by atoms with Gasteiger partial charge in [-0.3, -0.25) is 8.98 Å². The van der Waals surface area contributed by atoms with Gasteiger partial charge < -0.3 is 0 Å². The van der Waals surface area contributed by atoms with E-state index in [2.05, 4.69) is 6.07 Å². The zero-order valence-corrected chi connectivity index (χ0v) is 10.9.